The highest BCUT2D eigenvalue weighted by Crippen LogP contribution is 2.38. The Morgan fingerprint density at radius 2 is 2.12 bits per heavy atom. The zero-order valence-corrected chi connectivity index (χ0v) is 15.1. The second-order valence-electron chi connectivity index (χ2n) is 5.81. The molecule has 0 fully saturated rings. The molecule has 0 spiro atoms. The van der Waals surface area contributed by atoms with Gasteiger partial charge in [0.25, 0.3) is 5.56 Å². The van der Waals surface area contributed by atoms with Gasteiger partial charge < -0.3 is 14.2 Å². The Kier molecular flexibility index (Phi) is 5.78. The molecular formula is C18H19ClN2O5. The maximum absolute atomic E-state index is 12.2. The average Bonchev–Trinajstić information content (AvgIpc) is 2.87. The average molecular weight is 379 g/mol. The van der Waals surface area contributed by atoms with E-state index < -0.39 is 5.97 Å². The number of benzene rings is 1. The van der Waals surface area contributed by atoms with Crippen molar-refractivity contribution in [2.75, 3.05) is 13.2 Å². The Morgan fingerprint density at radius 3 is 2.92 bits per heavy atom. The van der Waals surface area contributed by atoms with Crippen LogP contribution in [0.4, 0.5) is 0 Å². The molecular weight excluding hydrogens is 360 g/mol. The van der Waals surface area contributed by atoms with Gasteiger partial charge in [-0.3, -0.25) is 4.79 Å². The van der Waals surface area contributed by atoms with E-state index in [0.717, 1.165) is 12.8 Å². The fourth-order valence-corrected chi connectivity index (χ4v) is 2.81. The van der Waals surface area contributed by atoms with E-state index in [0.29, 0.717) is 41.8 Å². The lowest BCUT2D eigenvalue weighted by atomic mass is 10.2. The van der Waals surface area contributed by atoms with Crippen LogP contribution >= 0.6 is 11.6 Å². The van der Waals surface area contributed by atoms with Crippen LogP contribution in [-0.2, 0) is 17.9 Å². The van der Waals surface area contributed by atoms with Gasteiger partial charge in [-0.05, 0) is 30.2 Å². The van der Waals surface area contributed by atoms with Crippen molar-refractivity contribution in [3.05, 3.63) is 50.9 Å². The first-order chi connectivity index (χ1) is 12.6. The van der Waals surface area contributed by atoms with Gasteiger partial charge in [-0.1, -0.05) is 18.5 Å². The predicted molar refractivity (Wildman–Crippen MR) is 95.0 cm³/mol. The summed E-state index contributed by atoms with van der Waals surface area (Å²) in [4.78, 5) is 23.9. The number of rotatable bonds is 5. The highest BCUT2D eigenvalue weighted by Gasteiger charge is 2.17. The molecule has 2 heterocycles. The number of nitrogens with zero attached hydrogens (tertiary/aromatic N) is 2. The van der Waals surface area contributed by atoms with Crippen LogP contribution < -0.4 is 15.0 Å². The van der Waals surface area contributed by atoms with Gasteiger partial charge in [-0.15, -0.1) is 0 Å². The van der Waals surface area contributed by atoms with Gasteiger partial charge in [0, 0.05) is 19.0 Å². The Hall–Kier alpha value is -2.54. The number of hydrogen-bond acceptors (Lipinski definition) is 6. The molecule has 0 amide bonds. The molecule has 7 nitrogen and oxygen atoms in total. The third kappa shape index (κ3) is 4.16. The van der Waals surface area contributed by atoms with E-state index in [4.69, 9.17) is 25.8 Å². The molecule has 26 heavy (non-hydrogen) atoms. The third-order valence-electron chi connectivity index (χ3n) is 3.74. The van der Waals surface area contributed by atoms with Crippen LogP contribution in [0.25, 0.3) is 0 Å². The first-order valence-corrected chi connectivity index (χ1v) is 8.79. The van der Waals surface area contributed by atoms with Crippen LogP contribution in [0.3, 0.4) is 0 Å². The van der Waals surface area contributed by atoms with E-state index in [9.17, 15) is 9.59 Å². The molecule has 0 atom stereocenters. The number of fused-ring (bicyclic) bond motifs is 1. The lowest BCUT2D eigenvalue weighted by Crippen LogP contribution is -2.24. The van der Waals surface area contributed by atoms with Crippen LogP contribution in [0.2, 0.25) is 5.02 Å². The monoisotopic (exact) mass is 378 g/mol. The molecule has 0 unspecified atom stereocenters. The van der Waals surface area contributed by atoms with Crippen LogP contribution in [-0.4, -0.2) is 29.0 Å². The van der Waals surface area contributed by atoms with Gasteiger partial charge in [-0.25, -0.2) is 9.48 Å². The number of aryl methyl sites for hydroxylation is 1. The van der Waals surface area contributed by atoms with Gasteiger partial charge >= 0.3 is 5.97 Å². The Labute approximate surface area is 155 Å². The SMILES string of the molecule is CCCn1nc(C(=O)OCc2cc(Cl)c3c(c2)OCCCO3)ccc1=O. The normalized spacial score (nSPS) is 13.2. The van der Waals surface area contributed by atoms with Crippen molar-refractivity contribution in [1.29, 1.82) is 0 Å². The molecule has 0 radical (unpaired) electrons. The fraction of sp³-hybridized carbons (Fsp3) is 0.389. The second-order valence-corrected chi connectivity index (χ2v) is 6.22. The summed E-state index contributed by atoms with van der Waals surface area (Å²) in [6.45, 7) is 3.45. The van der Waals surface area contributed by atoms with E-state index in [1.54, 1.807) is 12.1 Å². The Bertz CT molecular complexity index is 865. The number of carbonyl (C=O) groups is 1. The minimum Gasteiger partial charge on any atom is -0.489 e. The topological polar surface area (TPSA) is 79.7 Å². The van der Waals surface area contributed by atoms with Crippen LogP contribution in [0.5, 0.6) is 11.5 Å². The molecule has 1 aliphatic rings. The molecule has 0 saturated heterocycles. The van der Waals surface area contributed by atoms with Crippen LogP contribution in [0.1, 0.15) is 35.8 Å². The van der Waals surface area contributed by atoms with E-state index in [-0.39, 0.29) is 17.9 Å². The first kappa shape index (κ1) is 18.3. The lowest BCUT2D eigenvalue weighted by Gasteiger charge is -2.12. The number of hydrogen-bond donors (Lipinski definition) is 0. The van der Waals surface area contributed by atoms with Gasteiger partial charge in [0.1, 0.15) is 6.61 Å². The second kappa shape index (κ2) is 8.23. The summed E-state index contributed by atoms with van der Waals surface area (Å²) >= 11 is 6.23. The summed E-state index contributed by atoms with van der Waals surface area (Å²) in [5, 5.41) is 4.44. The van der Waals surface area contributed by atoms with Crippen LogP contribution in [0.15, 0.2) is 29.1 Å². The molecule has 0 bridgehead atoms. The summed E-state index contributed by atoms with van der Waals surface area (Å²) in [5.74, 6) is 0.432. The van der Waals surface area contributed by atoms with Gasteiger partial charge in [0.2, 0.25) is 0 Å². The zero-order chi connectivity index (χ0) is 18.5. The molecule has 138 valence electrons. The third-order valence-corrected chi connectivity index (χ3v) is 4.02. The Morgan fingerprint density at radius 1 is 1.31 bits per heavy atom. The zero-order valence-electron chi connectivity index (χ0n) is 14.4. The van der Waals surface area contributed by atoms with E-state index in [1.807, 2.05) is 6.92 Å². The minimum absolute atomic E-state index is 0.00375. The highest BCUT2D eigenvalue weighted by atomic mass is 35.5. The molecule has 1 aromatic carbocycles. The predicted octanol–water partition coefficient (Wildman–Crippen LogP) is 2.83. The molecule has 1 aromatic heterocycles. The molecule has 0 N–H and O–H groups in total. The van der Waals surface area contributed by atoms with Crippen molar-refractivity contribution in [1.82, 2.24) is 9.78 Å². The molecule has 3 rings (SSSR count). The van der Waals surface area contributed by atoms with Gasteiger partial charge in [-0.2, -0.15) is 5.10 Å². The van der Waals surface area contributed by atoms with E-state index in [2.05, 4.69) is 5.10 Å². The summed E-state index contributed by atoms with van der Waals surface area (Å²) in [7, 11) is 0. The van der Waals surface area contributed by atoms with Gasteiger partial charge in [0.05, 0.1) is 18.2 Å². The number of carbonyl (C=O) groups excluding carboxylic acids is 1. The van der Waals surface area contributed by atoms with Crippen molar-refractivity contribution in [3.63, 3.8) is 0 Å². The van der Waals surface area contributed by atoms with Crippen molar-refractivity contribution in [2.24, 2.45) is 0 Å². The smallest absolute Gasteiger partial charge is 0.359 e. The Balaban J connectivity index is 1.72. The number of halogens is 1. The largest absolute Gasteiger partial charge is 0.489 e. The number of ether oxygens (including phenoxy) is 3. The minimum atomic E-state index is -0.613. The quantitative estimate of drug-likeness (QED) is 0.744. The van der Waals surface area contributed by atoms with Crippen LogP contribution in [0, 0.1) is 0 Å². The lowest BCUT2D eigenvalue weighted by molar-refractivity contribution is 0.0462. The summed E-state index contributed by atoms with van der Waals surface area (Å²) in [6.07, 6.45) is 1.51. The van der Waals surface area contributed by atoms with Crippen molar-refractivity contribution in [2.45, 2.75) is 32.9 Å². The number of esters is 1. The van der Waals surface area contributed by atoms with Crippen molar-refractivity contribution >= 4 is 17.6 Å². The van der Waals surface area contributed by atoms with Crippen molar-refractivity contribution in [3.8, 4) is 11.5 Å². The molecule has 1 aliphatic heterocycles. The summed E-state index contributed by atoms with van der Waals surface area (Å²) < 4.78 is 17.7. The van der Waals surface area contributed by atoms with E-state index >= 15 is 0 Å². The molecule has 2 aromatic rings. The van der Waals surface area contributed by atoms with Crippen molar-refractivity contribution < 1.29 is 19.0 Å². The standard InChI is InChI=1S/C18H19ClN2O5/c1-2-6-21-16(22)5-4-14(20-21)18(23)26-11-12-9-13(19)17-15(10-12)24-7-3-8-25-17/h4-5,9-10H,2-3,6-8,11H2,1H3. The summed E-state index contributed by atoms with van der Waals surface area (Å²) in [6, 6.07) is 6.08. The summed E-state index contributed by atoms with van der Waals surface area (Å²) in [5.41, 5.74) is 0.506. The van der Waals surface area contributed by atoms with E-state index in [1.165, 1.54) is 16.8 Å². The fourth-order valence-electron chi connectivity index (χ4n) is 2.52. The van der Waals surface area contributed by atoms with Gasteiger partial charge in [0.15, 0.2) is 17.2 Å². The molecule has 8 heteroatoms. The highest BCUT2D eigenvalue weighted by molar-refractivity contribution is 6.32. The first-order valence-electron chi connectivity index (χ1n) is 8.42. The maximum atomic E-state index is 12.2. The molecule has 0 aliphatic carbocycles. The maximum Gasteiger partial charge on any atom is 0.359 e. The number of aromatic nitrogens is 2. The molecule has 0 saturated carbocycles.